The van der Waals surface area contributed by atoms with Gasteiger partial charge in [0.2, 0.25) is 0 Å². The van der Waals surface area contributed by atoms with Gasteiger partial charge >= 0.3 is 0 Å². The van der Waals surface area contributed by atoms with E-state index in [-0.39, 0.29) is 0 Å². The molecule has 2 nitrogen and oxygen atoms in total. The second-order valence-corrected chi connectivity index (χ2v) is 3.17. The monoisotopic (exact) mass is 171 g/mol. The third-order valence-corrected chi connectivity index (χ3v) is 1.87. The molecule has 0 radical (unpaired) electrons. The fourth-order valence-electron chi connectivity index (χ4n) is 1.05. The van der Waals surface area contributed by atoms with E-state index in [1.54, 1.807) is 6.21 Å². The van der Waals surface area contributed by atoms with Gasteiger partial charge in [-0.25, -0.2) is 4.74 Å². The Morgan fingerprint density at radius 2 is 1.75 bits per heavy atom. The zero-order valence-electron chi connectivity index (χ0n) is 8.38. The number of nitrogens with zero attached hydrogens (tertiary/aromatic N) is 1. The Morgan fingerprint density at radius 1 is 1.08 bits per heavy atom. The van der Waals surface area contributed by atoms with Crippen molar-refractivity contribution in [2.75, 3.05) is 6.54 Å². The first-order chi connectivity index (χ1) is 5.81. The molecular weight excluding hydrogens is 150 g/mol. The smallest absolute Gasteiger partial charge is 0.153 e. The summed E-state index contributed by atoms with van der Waals surface area (Å²) in [7, 11) is 0. The van der Waals surface area contributed by atoms with E-state index in [9.17, 15) is 5.21 Å². The summed E-state index contributed by atoms with van der Waals surface area (Å²) < 4.78 is 1.09. The van der Waals surface area contributed by atoms with Crippen molar-refractivity contribution in [3.8, 4) is 0 Å². The van der Waals surface area contributed by atoms with E-state index in [4.69, 9.17) is 0 Å². The minimum absolute atomic E-state index is 0.678. The number of hydrogen-bond donors (Lipinski definition) is 0. The van der Waals surface area contributed by atoms with Crippen LogP contribution in [0.5, 0.6) is 0 Å². The highest BCUT2D eigenvalue weighted by molar-refractivity contribution is 5.50. The Morgan fingerprint density at radius 3 is 2.33 bits per heavy atom. The van der Waals surface area contributed by atoms with E-state index >= 15 is 0 Å². The molecule has 0 amide bonds. The zero-order chi connectivity index (χ0) is 9.23. The molecule has 0 bridgehead atoms. The zero-order valence-corrected chi connectivity index (χ0v) is 8.38. The van der Waals surface area contributed by atoms with Gasteiger partial charge in [0.25, 0.3) is 0 Å². The maximum atomic E-state index is 11.1. The lowest BCUT2D eigenvalue weighted by molar-refractivity contribution is -0.454. The molecule has 0 aromatic carbocycles. The van der Waals surface area contributed by atoms with Gasteiger partial charge in [-0.3, -0.25) is 0 Å². The fourth-order valence-corrected chi connectivity index (χ4v) is 1.05. The maximum Gasteiger partial charge on any atom is 0.153 e. The molecule has 0 saturated carbocycles. The van der Waals surface area contributed by atoms with Crippen LogP contribution in [0.25, 0.3) is 0 Å². The molecule has 0 aromatic heterocycles. The second-order valence-electron chi connectivity index (χ2n) is 3.17. The number of hydrogen-bond acceptors (Lipinski definition) is 1. The highest BCUT2D eigenvalue weighted by atomic mass is 16.5. The first kappa shape index (κ1) is 11.5. The molecule has 0 unspecified atom stereocenters. The first-order valence-electron chi connectivity index (χ1n) is 5.08. The van der Waals surface area contributed by atoms with Crippen molar-refractivity contribution in [1.82, 2.24) is 0 Å². The number of rotatable bonds is 7. The van der Waals surface area contributed by atoms with Gasteiger partial charge in [0, 0.05) is 12.8 Å². The molecular formula is C10H21NO. The van der Waals surface area contributed by atoms with Crippen LogP contribution < -0.4 is 0 Å². The van der Waals surface area contributed by atoms with E-state index in [0.29, 0.717) is 6.54 Å². The Balaban J connectivity index is 3.29. The summed E-state index contributed by atoms with van der Waals surface area (Å²) in [6.07, 6.45) is 8.39. The topological polar surface area (TPSA) is 26.1 Å². The van der Waals surface area contributed by atoms with Crippen molar-refractivity contribution in [2.45, 2.75) is 52.4 Å². The third-order valence-electron chi connectivity index (χ3n) is 1.87. The summed E-state index contributed by atoms with van der Waals surface area (Å²) in [4.78, 5) is 0. The van der Waals surface area contributed by atoms with Crippen molar-refractivity contribution in [3.63, 3.8) is 0 Å². The van der Waals surface area contributed by atoms with Gasteiger partial charge in [-0.2, -0.15) is 0 Å². The van der Waals surface area contributed by atoms with E-state index in [2.05, 4.69) is 13.8 Å². The van der Waals surface area contributed by atoms with E-state index < -0.39 is 0 Å². The lowest BCUT2D eigenvalue weighted by Gasteiger charge is -2.02. The number of hydroxylamine groups is 1. The molecule has 0 rings (SSSR count). The SMILES string of the molecule is CCCC/C=[N+](\[O-])CCCCC. The van der Waals surface area contributed by atoms with Crippen molar-refractivity contribution in [1.29, 1.82) is 0 Å². The molecule has 0 aliphatic heterocycles. The average Bonchev–Trinajstić information content (AvgIpc) is 2.06. The Labute approximate surface area is 75.9 Å². The molecule has 12 heavy (non-hydrogen) atoms. The quantitative estimate of drug-likeness (QED) is 0.190. The van der Waals surface area contributed by atoms with Crippen molar-refractivity contribution in [3.05, 3.63) is 5.21 Å². The molecule has 0 aromatic rings. The molecule has 0 N–H and O–H groups in total. The van der Waals surface area contributed by atoms with Crippen LogP contribution in [0.2, 0.25) is 0 Å². The van der Waals surface area contributed by atoms with Crippen LogP contribution in [0.15, 0.2) is 0 Å². The first-order valence-corrected chi connectivity index (χ1v) is 5.08. The predicted octanol–water partition coefficient (Wildman–Crippen LogP) is 2.95. The highest BCUT2D eigenvalue weighted by Gasteiger charge is 1.92. The summed E-state index contributed by atoms with van der Waals surface area (Å²) in [6.45, 7) is 4.97. The number of unbranched alkanes of at least 4 members (excludes halogenated alkanes) is 4. The predicted molar refractivity (Wildman–Crippen MR) is 53.6 cm³/mol. The van der Waals surface area contributed by atoms with Gasteiger partial charge in [0.15, 0.2) is 12.8 Å². The van der Waals surface area contributed by atoms with E-state index in [0.717, 1.165) is 24.0 Å². The molecule has 0 atom stereocenters. The van der Waals surface area contributed by atoms with Crippen molar-refractivity contribution < 1.29 is 4.74 Å². The van der Waals surface area contributed by atoms with Crippen LogP contribution in [0.1, 0.15) is 52.4 Å². The molecule has 2 heteroatoms. The lowest BCUT2D eigenvalue weighted by Crippen LogP contribution is -2.06. The van der Waals surface area contributed by atoms with Gasteiger partial charge in [-0.05, 0) is 12.8 Å². The average molecular weight is 171 g/mol. The lowest BCUT2D eigenvalue weighted by atomic mass is 10.2. The Hall–Kier alpha value is -0.530. The van der Waals surface area contributed by atoms with Crippen LogP contribution in [0.4, 0.5) is 0 Å². The van der Waals surface area contributed by atoms with Crippen molar-refractivity contribution >= 4 is 6.21 Å². The minimum Gasteiger partial charge on any atom is -0.624 e. The van der Waals surface area contributed by atoms with Crippen LogP contribution >= 0.6 is 0 Å². The second kappa shape index (κ2) is 8.57. The molecule has 0 saturated heterocycles. The Kier molecular flexibility index (Phi) is 8.19. The normalized spacial score (nSPS) is 12.0. The molecule has 0 aliphatic rings. The summed E-state index contributed by atoms with van der Waals surface area (Å²) in [6, 6.07) is 0. The molecule has 0 spiro atoms. The van der Waals surface area contributed by atoms with Crippen LogP contribution in [-0.2, 0) is 0 Å². The van der Waals surface area contributed by atoms with E-state index in [1.807, 2.05) is 0 Å². The van der Waals surface area contributed by atoms with Crippen molar-refractivity contribution in [2.24, 2.45) is 0 Å². The summed E-state index contributed by atoms with van der Waals surface area (Å²) in [5, 5.41) is 11.1. The molecule has 0 aliphatic carbocycles. The van der Waals surface area contributed by atoms with E-state index in [1.165, 1.54) is 19.3 Å². The summed E-state index contributed by atoms with van der Waals surface area (Å²) in [5.74, 6) is 0. The Bertz CT molecular complexity index is 121. The van der Waals surface area contributed by atoms with Gasteiger partial charge in [-0.15, -0.1) is 0 Å². The maximum absolute atomic E-state index is 11.1. The van der Waals surface area contributed by atoms with Gasteiger partial charge in [0.1, 0.15) is 0 Å². The summed E-state index contributed by atoms with van der Waals surface area (Å²) in [5.41, 5.74) is 0. The summed E-state index contributed by atoms with van der Waals surface area (Å²) >= 11 is 0. The molecule has 0 fully saturated rings. The van der Waals surface area contributed by atoms with Gasteiger partial charge < -0.3 is 5.21 Å². The third kappa shape index (κ3) is 7.58. The molecule has 72 valence electrons. The molecule has 0 heterocycles. The van der Waals surface area contributed by atoms with Gasteiger partial charge in [-0.1, -0.05) is 26.7 Å². The van der Waals surface area contributed by atoms with Crippen LogP contribution in [0, 0.1) is 5.21 Å². The minimum atomic E-state index is 0.678. The largest absolute Gasteiger partial charge is 0.624 e. The standard InChI is InChI=1S/C10H21NO/c1-3-5-7-9-11(12)10-8-6-4-2/h9H,3-8,10H2,1-2H3/b11-9-. The van der Waals surface area contributed by atoms with Crippen LogP contribution in [0.3, 0.4) is 0 Å². The van der Waals surface area contributed by atoms with Crippen LogP contribution in [-0.4, -0.2) is 17.5 Å². The highest BCUT2D eigenvalue weighted by Crippen LogP contribution is 1.94. The fraction of sp³-hybridized carbons (Fsp3) is 0.900. The van der Waals surface area contributed by atoms with Gasteiger partial charge in [0.05, 0.1) is 0 Å².